The van der Waals surface area contributed by atoms with Crippen molar-refractivity contribution in [3.8, 4) is 0 Å². The average Bonchev–Trinajstić information content (AvgIpc) is 3.08. The van der Waals surface area contributed by atoms with E-state index in [4.69, 9.17) is 0 Å². The molecule has 1 aliphatic rings. The molecule has 0 spiro atoms. The van der Waals surface area contributed by atoms with Crippen LogP contribution >= 0.6 is 0 Å². The van der Waals surface area contributed by atoms with Crippen molar-refractivity contribution in [1.29, 1.82) is 0 Å². The zero-order chi connectivity index (χ0) is 35.0. The Kier molecular flexibility index (Phi) is 28.4. The van der Waals surface area contributed by atoms with Crippen LogP contribution in [-0.4, -0.2) is 22.2 Å². The maximum atomic E-state index is 12.9. The minimum absolute atomic E-state index is 0.353. The van der Waals surface area contributed by atoms with Crippen LogP contribution in [0.3, 0.4) is 0 Å². The second-order valence-corrected chi connectivity index (χ2v) is 15.8. The van der Waals surface area contributed by atoms with Crippen LogP contribution in [0.2, 0.25) is 0 Å². The Balaban J connectivity index is 2.25. The van der Waals surface area contributed by atoms with Gasteiger partial charge < -0.3 is 10.2 Å². The number of unbranched alkanes of at least 4 members (excludes halogenated alkanes) is 30. The highest BCUT2D eigenvalue weighted by atomic mass is 16.4. The van der Waals surface area contributed by atoms with Gasteiger partial charge in [-0.2, -0.15) is 0 Å². The number of rotatable bonds is 36. The summed E-state index contributed by atoms with van der Waals surface area (Å²) in [6, 6.07) is 0. The standard InChI is InChI=1S/C44H82O4/c1-3-5-7-9-11-13-15-17-19-21-23-25-27-29-31-33-37-43(41(45)46)39-35-36-40-44(43,42(47)48)38-34-32-30-28-26-24-22-20-18-16-14-12-10-8-6-4-2/h35-36H,3-34,37-40H2,1-2H3,(H,45,46)(H,47,48). The number of carbonyl (C=O) groups is 2. The molecule has 4 nitrogen and oxygen atoms in total. The first kappa shape index (κ1) is 44.7. The van der Waals surface area contributed by atoms with Crippen LogP contribution in [0, 0.1) is 10.8 Å². The molecule has 48 heavy (non-hydrogen) atoms. The average molecular weight is 675 g/mol. The molecule has 2 N–H and O–H groups in total. The Morgan fingerprint density at radius 1 is 0.375 bits per heavy atom. The van der Waals surface area contributed by atoms with Gasteiger partial charge in [-0.1, -0.05) is 231 Å². The van der Waals surface area contributed by atoms with Crippen molar-refractivity contribution in [2.75, 3.05) is 0 Å². The maximum Gasteiger partial charge on any atom is 0.311 e. The molecule has 0 aromatic carbocycles. The van der Waals surface area contributed by atoms with Crippen LogP contribution in [0.1, 0.15) is 245 Å². The molecule has 1 rings (SSSR count). The number of hydrogen-bond donors (Lipinski definition) is 2. The van der Waals surface area contributed by atoms with Crippen LogP contribution in [-0.2, 0) is 9.59 Å². The van der Waals surface area contributed by atoms with Crippen LogP contribution in [0.25, 0.3) is 0 Å². The topological polar surface area (TPSA) is 74.6 Å². The smallest absolute Gasteiger partial charge is 0.311 e. The molecule has 0 saturated carbocycles. The highest BCUT2D eigenvalue weighted by Gasteiger charge is 2.60. The van der Waals surface area contributed by atoms with Crippen LogP contribution in [0.4, 0.5) is 0 Å². The molecule has 0 amide bonds. The molecule has 4 heteroatoms. The highest BCUT2D eigenvalue weighted by Crippen LogP contribution is 2.55. The first-order chi connectivity index (χ1) is 23.5. The van der Waals surface area contributed by atoms with Gasteiger partial charge in [0.2, 0.25) is 0 Å². The van der Waals surface area contributed by atoms with Crippen molar-refractivity contribution in [3.63, 3.8) is 0 Å². The maximum absolute atomic E-state index is 12.9. The Hall–Kier alpha value is -1.32. The van der Waals surface area contributed by atoms with E-state index in [9.17, 15) is 19.8 Å². The summed E-state index contributed by atoms with van der Waals surface area (Å²) in [5.74, 6) is -1.79. The fourth-order valence-corrected chi connectivity index (χ4v) is 8.39. The zero-order valence-corrected chi connectivity index (χ0v) is 32.3. The van der Waals surface area contributed by atoms with Crippen molar-refractivity contribution < 1.29 is 19.8 Å². The molecule has 0 heterocycles. The molecule has 2 unspecified atom stereocenters. The van der Waals surface area contributed by atoms with Crippen LogP contribution in [0.15, 0.2) is 12.2 Å². The summed E-state index contributed by atoms with van der Waals surface area (Å²) in [7, 11) is 0. The first-order valence-electron chi connectivity index (χ1n) is 21.6. The summed E-state index contributed by atoms with van der Waals surface area (Å²) in [4.78, 5) is 25.7. The zero-order valence-electron chi connectivity index (χ0n) is 32.3. The van der Waals surface area contributed by atoms with Crippen molar-refractivity contribution in [1.82, 2.24) is 0 Å². The van der Waals surface area contributed by atoms with Crippen molar-refractivity contribution in [2.45, 2.75) is 245 Å². The predicted molar refractivity (Wildman–Crippen MR) is 207 cm³/mol. The summed E-state index contributed by atoms with van der Waals surface area (Å²) >= 11 is 0. The van der Waals surface area contributed by atoms with E-state index in [-0.39, 0.29) is 0 Å². The number of carboxylic acids is 2. The molecule has 0 saturated heterocycles. The van der Waals surface area contributed by atoms with E-state index in [2.05, 4.69) is 13.8 Å². The fourth-order valence-electron chi connectivity index (χ4n) is 8.39. The van der Waals surface area contributed by atoms with Gasteiger partial charge in [0, 0.05) is 0 Å². The number of hydrogen-bond acceptors (Lipinski definition) is 2. The third-order valence-electron chi connectivity index (χ3n) is 11.7. The summed E-state index contributed by atoms with van der Waals surface area (Å²) in [5.41, 5.74) is -2.36. The van der Waals surface area contributed by atoms with Gasteiger partial charge >= 0.3 is 11.9 Å². The highest BCUT2D eigenvalue weighted by molar-refractivity contribution is 5.87. The molecule has 0 radical (unpaired) electrons. The monoisotopic (exact) mass is 675 g/mol. The third-order valence-corrected chi connectivity index (χ3v) is 11.7. The molecule has 1 aliphatic carbocycles. The van der Waals surface area contributed by atoms with Gasteiger partial charge in [-0.05, 0) is 25.7 Å². The van der Waals surface area contributed by atoms with E-state index >= 15 is 0 Å². The number of carboxylic acid groups (broad SMARTS) is 2. The Labute approximate surface area is 299 Å². The molecule has 0 aromatic rings. The van der Waals surface area contributed by atoms with Crippen molar-refractivity contribution in [3.05, 3.63) is 12.2 Å². The molecule has 0 bridgehead atoms. The molecular formula is C44H82O4. The first-order valence-corrected chi connectivity index (χ1v) is 21.6. The van der Waals surface area contributed by atoms with Gasteiger partial charge in [0.1, 0.15) is 0 Å². The molecule has 2 atom stereocenters. The van der Waals surface area contributed by atoms with Crippen molar-refractivity contribution in [2.24, 2.45) is 10.8 Å². The summed E-state index contributed by atoms with van der Waals surface area (Å²) in [6.45, 7) is 4.55. The van der Waals surface area contributed by atoms with E-state index in [1.165, 1.54) is 167 Å². The van der Waals surface area contributed by atoms with Gasteiger partial charge in [-0.25, -0.2) is 0 Å². The molecular weight excluding hydrogens is 592 g/mol. The summed E-state index contributed by atoms with van der Waals surface area (Å²) < 4.78 is 0. The van der Waals surface area contributed by atoms with Gasteiger partial charge in [0.25, 0.3) is 0 Å². The molecule has 0 aromatic heterocycles. The lowest BCUT2D eigenvalue weighted by molar-refractivity contribution is -0.177. The minimum Gasteiger partial charge on any atom is -0.481 e. The van der Waals surface area contributed by atoms with Gasteiger partial charge in [0.05, 0.1) is 10.8 Å². The lowest BCUT2D eigenvalue weighted by Gasteiger charge is -2.47. The predicted octanol–water partition coefficient (Wildman–Crippen LogP) is 14.8. The van der Waals surface area contributed by atoms with Crippen molar-refractivity contribution >= 4 is 11.9 Å². The van der Waals surface area contributed by atoms with Crippen LogP contribution < -0.4 is 0 Å². The van der Waals surface area contributed by atoms with E-state index in [1.807, 2.05) is 12.2 Å². The van der Waals surface area contributed by atoms with Gasteiger partial charge in [-0.15, -0.1) is 0 Å². The Morgan fingerprint density at radius 3 is 0.750 bits per heavy atom. The second-order valence-electron chi connectivity index (χ2n) is 15.8. The summed E-state index contributed by atoms with van der Waals surface area (Å²) in [5, 5.41) is 21.1. The third kappa shape index (κ3) is 19.2. The number of allylic oxidation sites excluding steroid dienone is 2. The molecule has 0 fully saturated rings. The molecule has 282 valence electrons. The lowest BCUT2D eigenvalue weighted by atomic mass is 9.54. The largest absolute Gasteiger partial charge is 0.481 e. The van der Waals surface area contributed by atoms with Crippen LogP contribution in [0.5, 0.6) is 0 Å². The molecule has 0 aliphatic heterocycles. The van der Waals surface area contributed by atoms with E-state index < -0.39 is 22.8 Å². The van der Waals surface area contributed by atoms with Gasteiger partial charge in [-0.3, -0.25) is 9.59 Å². The quantitative estimate of drug-likeness (QED) is 0.0512. The Bertz CT molecular complexity index is 727. The van der Waals surface area contributed by atoms with E-state index in [0.717, 1.165) is 38.5 Å². The minimum atomic E-state index is -1.18. The van der Waals surface area contributed by atoms with E-state index in [0.29, 0.717) is 25.7 Å². The Morgan fingerprint density at radius 2 is 0.562 bits per heavy atom. The SMILES string of the molecule is CCCCCCCCCCCCCCCCCCC1(C(=O)O)CC=CCC1(CCCCCCCCCCCCCCCCCC)C(=O)O. The van der Waals surface area contributed by atoms with Gasteiger partial charge in [0.15, 0.2) is 0 Å². The normalized spacial score (nSPS) is 19.2. The number of aliphatic carboxylic acids is 2. The fraction of sp³-hybridized carbons (Fsp3) is 0.909. The summed E-state index contributed by atoms with van der Waals surface area (Å²) in [6.07, 6.45) is 46.6. The van der Waals surface area contributed by atoms with E-state index in [1.54, 1.807) is 0 Å². The lowest BCUT2D eigenvalue weighted by Crippen LogP contribution is -2.53. The second kappa shape index (κ2) is 30.5.